The van der Waals surface area contributed by atoms with E-state index in [1.165, 1.54) is 0 Å². The van der Waals surface area contributed by atoms with Crippen molar-refractivity contribution in [2.24, 2.45) is 0 Å². The third kappa shape index (κ3) is 2.35. The van der Waals surface area contributed by atoms with Gasteiger partial charge in [0.05, 0.1) is 23.5 Å². The maximum atomic E-state index is 12.5. The van der Waals surface area contributed by atoms with Crippen molar-refractivity contribution in [1.82, 2.24) is 4.98 Å². The molecule has 1 rings (SSSR count). The Morgan fingerprint density at radius 3 is 2.69 bits per heavy atom. The highest BCUT2D eigenvalue weighted by Crippen LogP contribution is 2.32. The van der Waals surface area contributed by atoms with E-state index in [1.54, 1.807) is 0 Å². The molecule has 0 aliphatic rings. The second-order valence-corrected chi connectivity index (χ2v) is 3.01. The number of rotatable bonds is 4. The number of hydrogen-bond donors (Lipinski definition) is 0. The third-order valence-electron chi connectivity index (χ3n) is 1.82. The number of methoxy groups -OCH3 is 1. The van der Waals surface area contributed by atoms with Gasteiger partial charge in [-0.3, -0.25) is 10.1 Å². The minimum absolute atomic E-state index is 0.104. The molecule has 8 heteroatoms. The maximum absolute atomic E-state index is 12.5. The maximum Gasteiger partial charge on any atom is 0.292 e. The first kappa shape index (κ1) is 12.6. The largest absolute Gasteiger partial charge is 0.481 e. The molecule has 0 atom stereocenters. The van der Waals surface area contributed by atoms with Gasteiger partial charge in [0.15, 0.2) is 0 Å². The van der Waals surface area contributed by atoms with E-state index in [-0.39, 0.29) is 17.5 Å². The average Bonchev–Trinajstić information content (AvgIpc) is 2.26. The summed E-state index contributed by atoms with van der Waals surface area (Å²) in [6, 6.07) is 0.730. The Morgan fingerprint density at radius 2 is 2.31 bits per heavy atom. The first-order valence-corrected chi connectivity index (χ1v) is 4.61. The Morgan fingerprint density at radius 1 is 1.69 bits per heavy atom. The highest BCUT2D eigenvalue weighted by Gasteiger charge is 2.24. The van der Waals surface area contributed by atoms with Crippen LogP contribution in [0.1, 0.15) is 17.7 Å². The molecule has 0 spiro atoms. The van der Waals surface area contributed by atoms with Crippen LogP contribution in [0.25, 0.3) is 0 Å². The molecular weight excluding hydrogens is 246 g/mol. The fourth-order valence-corrected chi connectivity index (χ4v) is 1.31. The summed E-state index contributed by atoms with van der Waals surface area (Å²) in [5.74, 6) is -0.604. The van der Waals surface area contributed by atoms with Crippen molar-refractivity contribution in [2.45, 2.75) is 12.3 Å². The molecule has 0 aliphatic carbocycles. The lowest BCUT2D eigenvalue weighted by molar-refractivity contribution is -0.385. The summed E-state index contributed by atoms with van der Waals surface area (Å²) in [5.41, 5.74) is -1.26. The molecule has 0 radical (unpaired) electrons. The van der Waals surface area contributed by atoms with Crippen molar-refractivity contribution in [1.29, 1.82) is 0 Å². The fraction of sp³-hybridized carbons (Fsp3) is 0.375. The van der Waals surface area contributed by atoms with Gasteiger partial charge < -0.3 is 4.74 Å². The predicted octanol–water partition coefficient (Wildman–Crippen LogP) is 2.67. The van der Waals surface area contributed by atoms with Gasteiger partial charge in [0.25, 0.3) is 12.1 Å². The summed E-state index contributed by atoms with van der Waals surface area (Å²) in [6.45, 7) is 0. The Bertz CT molecular complexity index is 415. The Hall–Kier alpha value is -1.50. The second kappa shape index (κ2) is 5.02. The lowest BCUT2D eigenvalue weighted by Crippen LogP contribution is -2.03. The molecule has 0 bridgehead atoms. The normalized spacial score (nSPS) is 10.6. The van der Waals surface area contributed by atoms with Gasteiger partial charge in [0, 0.05) is 6.07 Å². The summed E-state index contributed by atoms with van der Waals surface area (Å²) in [5, 5.41) is 10.6. The number of halogens is 3. The van der Waals surface area contributed by atoms with Crippen LogP contribution in [-0.4, -0.2) is 17.0 Å². The molecule has 1 heterocycles. The van der Waals surface area contributed by atoms with Gasteiger partial charge in [-0.05, 0) is 0 Å². The molecular formula is C8H7ClF2N2O3. The van der Waals surface area contributed by atoms with Gasteiger partial charge in [-0.1, -0.05) is 0 Å². The van der Waals surface area contributed by atoms with Crippen LogP contribution in [0, 0.1) is 10.1 Å². The van der Waals surface area contributed by atoms with Gasteiger partial charge in [-0.2, -0.15) is 0 Å². The minimum atomic E-state index is -2.90. The van der Waals surface area contributed by atoms with Gasteiger partial charge >= 0.3 is 0 Å². The van der Waals surface area contributed by atoms with Gasteiger partial charge in [0.1, 0.15) is 5.69 Å². The van der Waals surface area contributed by atoms with Crippen LogP contribution < -0.4 is 4.74 Å². The molecule has 0 saturated heterocycles. The van der Waals surface area contributed by atoms with Gasteiger partial charge in [-0.25, -0.2) is 13.8 Å². The Kier molecular flexibility index (Phi) is 3.94. The van der Waals surface area contributed by atoms with E-state index in [2.05, 4.69) is 9.72 Å². The van der Waals surface area contributed by atoms with Crippen molar-refractivity contribution in [3.05, 3.63) is 27.4 Å². The number of ether oxygens (including phenoxy) is 1. The standard InChI is InChI=1S/C8H7ClF2N2O3/c1-16-8-4(7(10)11)2-6(13(14)15)5(3-9)12-8/h2,7H,3H2,1H3. The molecule has 1 aromatic heterocycles. The zero-order valence-electron chi connectivity index (χ0n) is 8.11. The quantitative estimate of drug-likeness (QED) is 0.469. The van der Waals surface area contributed by atoms with Crippen LogP contribution in [0.5, 0.6) is 5.88 Å². The summed E-state index contributed by atoms with van der Waals surface area (Å²) in [7, 11) is 1.15. The molecule has 0 saturated carbocycles. The minimum Gasteiger partial charge on any atom is -0.481 e. The van der Waals surface area contributed by atoms with E-state index in [0.717, 1.165) is 13.2 Å². The molecule has 88 valence electrons. The molecule has 0 aromatic carbocycles. The Labute approximate surface area is 94.1 Å². The predicted molar refractivity (Wildman–Crippen MR) is 52.0 cm³/mol. The van der Waals surface area contributed by atoms with Crippen molar-refractivity contribution < 1.29 is 18.4 Å². The van der Waals surface area contributed by atoms with E-state index in [9.17, 15) is 18.9 Å². The molecule has 1 aromatic rings. The van der Waals surface area contributed by atoms with Crippen LogP contribution in [0.3, 0.4) is 0 Å². The lowest BCUT2D eigenvalue weighted by Gasteiger charge is -2.08. The summed E-state index contributed by atoms with van der Waals surface area (Å²) in [4.78, 5) is 13.3. The lowest BCUT2D eigenvalue weighted by atomic mass is 10.2. The van der Waals surface area contributed by atoms with Crippen molar-refractivity contribution >= 4 is 17.3 Å². The van der Waals surface area contributed by atoms with Crippen LogP contribution in [0.15, 0.2) is 6.07 Å². The van der Waals surface area contributed by atoms with E-state index in [1.807, 2.05) is 0 Å². The fourth-order valence-electron chi connectivity index (χ4n) is 1.11. The topological polar surface area (TPSA) is 65.3 Å². The van der Waals surface area contributed by atoms with Crippen LogP contribution in [0.2, 0.25) is 0 Å². The highest BCUT2D eigenvalue weighted by atomic mass is 35.5. The van der Waals surface area contributed by atoms with E-state index in [0.29, 0.717) is 0 Å². The van der Waals surface area contributed by atoms with Gasteiger partial charge in [-0.15, -0.1) is 11.6 Å². The zero-order chi connectivity index (χ0) is 12.3. The number of aromatic nitrogens is 1. The van der Waals surface area contributed by atoms with Crippen molar-refractivity contribution in [3.8, 4) is 5.88 Å². The number of hydrogen-bond acceptors (Lipinski definition) is 4. The zero-order valence-corrected chi connectivity index (χ0v) is 8.87. The van der Waals surface area contributed by atoms with Crippen molar-refractivity contribution in [3.63, 3.8) is 0 Å². The highest BCUT2D eigenvalue weighted by molar-refractivity contribution is 6.17. The van der Waals surface area contributed by atoms with E-state index in [4.69, 9.17) is 11.6 Å². The number of pyridine rings is 1. The molecule has 16 heavy (non-hydrogen) atoms. The average molecular weight is 253 g/mol. The number of alkyl halides is 3. The molecule has 0 fully saturated rings. The number of nitrogens with zero attached hydrogens (tertiary/aromatic N) is 2. The summed E-state index contributed by atoms with van der Waals surface area (Å²) in [6.07, 6.45) is -2.90. The Balaban J connectivity index is 3.40. The molecule has 0 aliphatic heterocycles. The third-order valence-corrected chi connectivity index (χ3v) is 2.08. The summed E-state index contributed by atoms with van der Waals surface area (Å²) < 4.78 is 29.6. The SMILES string of the molecule is COc1nc(CCl)c([N+](=O)[O-])cc1C(F)F. The monoisotopic (exact) mass is 252 g/mol. The first-order valence-electron chi connectivity index (χ1n) is 4.07. The molecule has 5 nitrogen and oxygen atoms in total. The molecule has 0 amide bonds. The first-order chi connectivity index (χ1) is 7.51. The van der Waals surface area contributed by atoms with Gasteiger partial charge in [0.2, 0.25) is 5.88 Å². The van der Waals surface area contributed by atoms with Crippen LogP contribution in [0.4, 0.5) is 14.5 Å². The van der Waals surface area contributed by atoms with E-state index >= 15 is 0 Å². The van der Waals surface area contributed by atoms with Crippen LogP contribution >= 0.6 is 11.6 Å². The summed E-state index contributed by atoms with van der Waals surface area (Å²) >= 11 is 5.43. The smallest absolute Gasteiger partial charge is 0.292 e. The molecule has 0 unspecified atom stereocenters. The van der Waals surface area contributed by atoms with Crippen molar-refractivity contribution in [2.75, 3.05) is 7.11 Å². The van der Waals surface area contributed by atoms with E-state index < -0.39 is 22.6 Å². The molecule has 0 N–H and O–H groups in total. The number of nitro groups is 1. The van der Waals surface area contributed by atoms with Crippen LogP contribution in [-0.2, 0) is 5.88 Å². The second-order valence-electron chi connectivity index (χ2n) is 2.74.